The molecular weight excluding hydrogens is 456 g/mol. The van der Waals surface area contributed by atoms with E-state index in [1.54, 1.807) is 17.2 Å². The van der Waals surface area contributed by atoms with Crippen molar-refractivity contribution in [1.29, 1.82) is 0 Å². The molecule has 0 radical (unpaired) electrons. The Morgan fingerprint density at radius 1 is 1.03 bits per heavy atom. The van der Waals surface area contributed by atoms with Gasteiger partial charge in [0.2, 0.25) is 0 Å². The fourth-order valence-corrected chi connectivity index (χ4v) is 4.89. The first-order chi connectivity index (χ1) is 17.4. The number of aryl methyl sites for hydroxylation is 2. The predicted octanol–water partition coefficient (Wildman–Crippen LogP) is 4.77. The normalized spacial score (nSPS) is 12.7. The highest BCUT2D eigenvalue weighted by Gasteiger charge is 2.31. The number of aromatic amines is 1. The number of rotatable bonds is 9. The maximum atomic E-state index is 13.2. The number of pyridine rings is 1. The molecule has 1 N–H and O–H groups in total. The van der Waals surface area contributed by atoms with Gasteiger partial charge in [-0.25, -0.2) is 4.68 Å². The second-order valence-corrected chi connectivity index (χ2v) is 9.62. The van der Waals surface area contributed by atoms with Crippen molar-refractivity contribution < 1.29 is 8.83 Å². The summed E-state index contributed by atoms with van der Waals surface area (Å²) in [6.45, 7) is 9.65. The number of tetrazole rings is 1. The van der Waals surface area contributed by atoms with Crippen LogP contribution in [0.25, 0.3) is 10.9 Å². The molecule has 0 spiro atoms. The Bertz CT molecular complexity index is 1500. The summed E-state index contributed by atoms with van der Waals surface area (Å²) >= 11 is 0. The van der Waals surface area contributed by atoms with Gasteiger partial charge in [0.15, 0.2) is 5.82 Å². The fraction of sp³-hybridized carbons (Fsp3) is 0.333. The molecule has 0 bridgehead atoms. The lowest BCUT2D eigenvalue weighted by atomic mass is 9.99. The molecule has 0 aliphatic rings. The molecule has 0 saturated carbocycles. The van der Waals surface area contributed by atoms with Gasteiger partial charge in [-0.15, -0.1) is 5.10 Å². The van der Waals surface area contributed by atoms with Gasteiger partial charge >= 0.3 is 0 Å². The lowest BCUT2D eigenvalue weighted by molar-refractivity contribution is 0.116. The van der Waals surface area contributed by atoms with Crippen molar-refractivity contribution in [1.82, 2.24) is 30.1 Å². The van der Waals surface area contributed by atoms with Crippen LogP contribution in [0.4, 0.5) is 0 Å². The van der Waals surface area contributed by atoms with Crippen LogP contribution in [-0.4, -0.2) is 30.1 Å². The van der Waals surface area contributed by atoms with Gasteiger partial charge in [-0.3, -0.25) is 9.69 Å². The number of fused-ring (bicyclic) bond motifs is 1. The van der Waals surface area contributed by atoms with E-state index in [0.717, 1.165) is 33.6 Å². The second kappa shape index (κ2) is 9.94. The van der Waals surface area contributed by atoms with Gasteiger partial charge in [-0.2, -0.15) is 0 Å². The van der Waals surface area contributed by atoms with Crippen LogP contribution in [0.5, 0.6) is 0 Å². The van der Waals surface area contributed by atoms with Crippen LogP contribution in [0, 0.1) is 19.8 Å². The highest BCUT2D eigenvalue weighted by atomic mass is 16.3. The van der Waals surface area contributed by atoms with Crippen LogP contribution in [-0.2, 0) is 19.6 Å². The number of aromatic nitrogens is 5. The third kappa shape index (κ3) is 4.87. The molecule has 186 valence electrons. The van der Waals surface area contributed by atoms with E-state index in [1.807, 2.05) is 37.3 Å². The Hall–Kier alpha value is -3.98. The van der Waals surface area contributed by atoms with Gasteiger partial charge in [0, 0.05) is 12.1 Å². The highest BCUT2D eigenvalue weighted by Crippen LogP contribution is 2.31. The number of benzene rings is 1. The topological polar surface area (TPSA) is 106 Å². The van der Waals surface area contributed by atoms with Crippen molar-refractivity contribution in [2.75, 3.05) is 0 Å². The molecule has 5 aromatic rings. The molecule has 0 amide bonds. The van der Waals surface area contributed by atoms with Gasteiger partial charge in [0.25, 0.3) is 5.56 Å². The minimum Gasteiger partial charge on any atom is -0.468 e. The molecular formula is C27H30N6O3. The molecule has 0 fully saturated rings. The summed E-state index contributed by atoms with van der Waals surface area (Å²) in [5.74, 6) is 2.41. The van der Waals surface area contributed by atoms with Crippen LogP contribution in [0.2, 0.25) is 0 Å². The summed E-state index contributed by atoms with van der Waals surface area (Å²) < 4.78 is 13.0. The fourth-order valence-electron chi connectivity index (χ4n) is 4.89. The number of hydrogen-bond donors (Lipinski definition) is 1. The molecule has 0 aliphatic heterocycles. The van der Waals surface area contributed by atoms with Crippen molar-refractivity contribution in [2.45, 2.75) is 53.4 Å². The number of H-pyrrole nitrogens is 1. The molecule has 0 aliphatic carbocycles. The molecule has 1 unspecified atom stereocenters. The standard InChI is InChI=1S/C27H30N6O3/c1-17(2)25(26-29-30-31-33(26)16-23-8-6-10-36-23)32(15-22-7-5-9-35-22)14-21-13-20-12-18(3)11-19(4)24(20)28-27(21)34/h5-13,17,25H,14-16H2,1-4H3,(H,28,34). The Morgan fingerprint density at radius 2 is 1.78 bits per heavy atom. The van der Waals surface area contributed by atoms with E-state index in [-0.39, 0.29) is 17.5 Å². The van der Waals surface area contributed by atoms with E-state index in [2.05, 4.69) is 58.3 Å². The van der Waals surface area contributed by atoms with Crippen molar-refractivity contribution >= 4 is 10.9 Å². The first kappa shape index (κ1) is 23.7. The summed E-state index contributed by atoms with van der Waals surface area (Å²) in [5.41, 5.74) is 3.65. The van der Waals surface area contributed by atoms with Gasteiger partial charge in [0.05, 0.1) is 30.6 Å². The second-order valence-electron chi connectivity index (χ2n) is 9.62. The van der Waals surface area contributed by atoms with E-state index in [1.165, 1.54) is 0 Å². The largest absolute Gasteiger partial charge is 0.468 e. The number of furan rings is 2. The van der Waals surface area contributed by atoms with Crippen molar-refractivity contribution in [2.24, 2.45) is 5.92 Å². The van der Waals surface area contributed by atoms with Gasteiger partial charge in [0.1, 0.15) is 18.1 Å². The third-order valence-corrected chi connectivity index (χ3v) is 6.42. The Labute approximate surface area is 208 Å². The molecule has 4 heterocycles. The molecule has 1 atom stereocenters. The number of nitrogens with zero attached hydrogens (tertiary/aromatic N) is 5. The van der Waals surface area contributed by atoms with Gasteiger partial charge in [-0.1, -0.05) is 25.5 Å². The molecule has 1 aromatic carbocycles. The molecule has 9 nitrogen and oxygen atoms in total. The molecule has 4 aromatic heterocycles. The van der Waals surface area contributed by atoms with Gasteiger partial charge < -0.3 is 13.8 Å². The summed E-state index contributed by atoms with van der Waals surface area (Å²) in [6, 6.07) is 13.5. The van der Waals surface area contributed by atoms with E-state index in [9.17, 15) is 4.79 Å². The SMILES string of the molecule is Cc1cc(C)c2[nH]c(=O)c(CN(Cc3ccco3)C(c3nnnn3Cc3ccco3)C(C)C)cc2c1. The smallest absolute Gasteiger partial charge is 0.252 e. The third-order valence-electron chi connectivity index (χ3n) is 6.42. The predicted molar refractivity (Wildman–Crippen MR) is 135 cm³/mol. The zero-order chi connectivity index (χ0) is 25.2. The van der Waals surface area contributed by atoms with Crippen molar-refractivity contribution in [3.63, 3.8) is 0 Å². The van der Waals surface area contributed by atoms with E-state index in [4.69, 9.17) is 8.83 Å². The average molecular weight is 487 g/mol. The zero-order valence-corrected chi connectivity index (χ0v) is 20.9. The van der Waals surface area contributed by atoms with E-state index in [0.29, 0.717) is 31.0 Å². The van der Waals surface area contributed by atoms with Crippen LogP contribution in [0.3, 0.4) is 0 Å². The highest BCUT2D eigenvalue weighted by molar-refractivity contribution is 5.82. The lowest BCUT2D eigenvalue weighted by Crippen LogP contribution is -2.35. The van der Waals surface area contributed by atoms with Crippen LogP contribution in [0.1, 0.15) is 53.9 Å². The molecule has 9 heteroatoms. The Kier molecular flexibility index (Phi) is 6.56. The first-order valence-corrected chi connectivity index (χ1v) is 12.1. The summed E-state index contributed by atoms with van der Waals surface area (Å²) in [6.07, 6.45) is 3.30. The maximum Gasteiger partial charge on any atom is 0.252 e. The maximum absolute atomic E-state index is 13.2. The van der Waals surface area contributed by atoms with Crippen LogP contribution < -0.4 is 5.56 Å². The van der Waals surface area contributed by atoms with Gasteiger partial charge in [-0.05, 0) is 77.5 Å². The Morgan fingerprint density at radius 3 is 2.47 bits per heavy atom. The Balaban J connectivity index is 1.55. The van der Waals surface area contributed by atoms with E-state index >= 15 is 0 Å². The summed E-state index contributed by atoms with van der Waals surface area (Å²) in [7, 11) is 0. The average Bonchev–Trinajstić information content (AvgIpc) is 3.60. The summed E-state index contributed by atoms with van der Waals surface area (Å²) in [5, 5.41) is 13.6. The van der Waals surface area contributed by atoms with E-state index < -0.39 is 0 Å². The molecule has 0 saturated heterocycles. The quantitative estimate of drug-likeness (QED) is 0.320. The lowest BCUT2D eigenvalue weighted by Gasteiger charge is -2.32. The number of nitrogens with one attached hydrogen (secondary N) is 1. The summed E-state index contributed by atoms with van der Waals surface area (Å²) in [4.78, 5) is 18.5. The zero-order valence-electron chi connectivity index (χ0n) is 20.9. The van der Waals surface area contributed by atoms with Crippen LogP contribution in [0.15, 0.2) is 68.6 Å². The number of hydrogen-bond acceptors (Lipinski definition) is 7. The first-order valence-electron chi connectivity index (χ1n) is 12.1. The monoisotopic (exact) mass is 486 g/mol. The van der Waals surface area contributed by atoms with Crippen molar-refractivity contribution in [3.8, 4) is 0 Å². The minimum absolute atomic E-state index is 0.100. The molecule has 5 rings (SSSR count). The minimum atomic E-state index is -0.186. The van der Waals surface area contributed by atoms with Crippen molar-refractivity contribution in [3.05, 3.63) is 99.4 Å². The van der Waals surface area contributed by atoms with Crippen LogP contribution >= 0.6 is 0 Å². The molecule has 36 heavy (non-hydrogen) atoms.